The van der Waals surface area contributed by atoms with Gasteiger partial charge in [-0.3, -0.25) is 0 Å². The predicted octanol–water partition coefficient (Wildman–Crippen LogP) is 2.14. The van der Waals surface area contributed by atoms with Gasteiger partial charge in [0.15, 0.2) is 0 Å². The summed E-state index contributed by atoms with van der Waals surface area (Å²) in [5.41, 5.74) is -0.438. The van der Waals surface area contributed by atoms with Crippen molar-refractivity contribution >= 4 is 6.09 Å². The summed E-state index contributed by atoms with van der Waals surface area (Å²) < 4.78 is 5.45. The smallest absolute Gasteiger partial charge is 0.410 e. The largest absolute Gasteiger partial charge is 0.444 e. The van der Waals surface area contributed by atoms with Gasteiger partial charge in [-0.05, 0) is 53.4 Å². The van der Waals surface area contributed by atoms with E-state index in [0.29, 0.717) is 6.04 Å². The molecule has 118 valence electrons. The van der Waals surface area contributed by atoms with Crippen LogP contribution in [0.2, 0.25) is 0 Å². The highest BCUT2D eigenvalue weighted by Gasteiger charge is 2.31. The molecule has 1 saturated heterocycles. The number of rotatable bonds is 6. The van der Waals surface area contributed by atoms with E-state index in [1.807, 2.05) is 25.7 Å². The predicted molar refractivity (Wildman–Crippen MR) is 79.7 cm³/mol. The number of hydrogen-bond donors (Lipinski definition) is 2. The molecule has 1 amide bonds. The van der Waals surface area contributed by atoms with E-state index in [0.717, 1.165) is 38.8 Å². The topological polar surface area (TPSA) is 61.8 Å². The number of carbonyl (C=O) groups is 1. The van der Waals surface area contributed by atoms with Crippen molar-refractivity contribution in [3.05, 3.63) is 0 Å². The Morgan fingerprint density at radius 3 is 2.80 bits per heavy atom. The lowest BCUT2D eigenvalue weighted by Gasteiger charge is -2.29. The van der Waals surface area contributed by atoms with Crippen molar-refractivity contribution in [2.45, 2.75) is 71.1 Å². The van der Waals surface area contributed by atoms with Crippen LogP contribution < -0.4 is 5.32 Å². The molecular weight excluding hydrogens is 256 g/mol. The third-order valence-electron chi connectivity index (χ3n) is 3.50. The molecule has 2 unspecified atom stereocenters. The Balaban J connectivity index is 2.39. The molecule has 20 heavy (non-hydrogen) atoms. The third-order valence-corrected chi connectivity index (χ3v) is 3.50. The first-order chi connectivity index (χ1) is 9.33. The van der Waals surface area contributed by atoms with E-state index in [4.69, 9.17) is 9.84 Å². The van der Waals surface area contributed by atoms with Crippen LogP contribution >= 0.6 is 0 Å². The minimum absolute atomic E-state index is 0.204. The second kappa shape index (κ2) is 7.84. The van der Waals surface area contributed by atoms with E-state index in [1.54, 1.807) is 0 Å². The number of hydrogen-bond acceptors (Lipinski definition) is 4. The van der Waals surface area contributed by atoms with Crippen LogP contribution in [-0.2, 0) is 4.74 Å². The van der Waals surface area contributed by atoms with Crippen molar-refractivity contribution in [1.82, 2.24) is 10.2 Å². The van der Waals surface area contributed by atoms with Gasteiger partial charge in [0.2, 0.25) is 0 Å². The molecule has 0 radical (unpaired) electrons. The first-order valence-electron chi connectivity index (χ1n) is 7.67. The highest BCUT2D eigenvalue weighted by molar-refractivity contribution is 5.69. The lowest BCUT2D eigenvalue weighted by Crippen LogP contribution is -2.45. The molecular formula is C15H30N2O3. The fraction of sp³-hybridized carbons (Fsp3) is 0.933. The van der Waals surface area contributed by atoms with E-state index < -0.39 is 5.60 Å². The first-order valence-corrected chi connectivity index (χ1v) is 7.67. The standard InChI is InChI=1S/C15H30N2O3/c1-12(7-6-10-18)16-11-13-8-5-9-17(13)14(19)20-15(2,3)4/h12-13,16,18H,5-11H2,1-4H3. The lowest BCUT2D eigenvalue weighted by atomic mass is 10.1. The number of ether oxygens (including phenoxy) is 1. The van der Waals surface area contributed by atoms with Gasteiger partial charge in [-0.2, -0.15) is 0 Å². The molecule has 0 aromatic rings. The number of aliphatic hydroxyl groups is 1. The first kappa shape index (κ1) is 17.2. The Hall–Kier alpha value is -0.810. The number of aliphatic hydroxyl groups excluding tert-OH is 1. The average Bonchev–Trinajstić information content (AvgIpc) is 2.80. The number of nitrogens with one attached hydrogen (secondary N) is 1. The minimum Gasteiger partial charge on any atom is -0.444 e. The van der Waals surface area contributed by atoms with Gasteiger partial charge in [-0.15, -0.1) is 0 Å². The Morgan fingerprint density at radius 2 is 2.20 bits per heavy atom. The Bertz CT molecular complexity index is 302. The second-order valence-corrected chi connectivity index (χ2v) is 6.64. The summed E-state index contributed by atoms with van der Waals surface area (Å²) >= 11 is 0. The van der Waals surface area contributed by atoms with Crippen LogP contribution in [0, 0.1) is 0 Å². The van der Waals surface area contributed by atoms with Gasteiger partial charge in [0.25, 0.3) is 0 Å². The van der Waals surface area contributed by atoms with Gasteiger partial charge in [0, 0.05) is 31.8 Å². The molecule has 1 heterocycles. The molecule has 1 rings (SSSR count). The van der Waals surface area contributed by atoms with Gasteiger partial charge in [0.1, 0.15) is 5.60 Å². The summed E-state index contributed by atoms with van der Waals surface area (Å²) in [5.74, 6) is 0. The van der Waals surface area contributed by atoms with Crippen LogP contribution in [-0.4, -0.2) is 53.5 Å². The van der Waals surface area contributed by atoms with Gasteiger partial charge >= 0.3 is 6.09 Å². The number of likely N-dealkylation sites (tertiary alicyclic amines) is 1. The Kier molecular flexibility index (Phi) is 6.76. The van der Waals surface area contributed by atoms with Crippen LogP contribution in [0.1, 0.15) is 53.4 Å². The molecule has 0 aromatic carbocycles. The van der Waals surface area contributed by atoms with Gasteiger partial charge in [-0.1, -0.05) is 0 Å². The maximum Gasteiger partial charge on any atom is 0.410 e. The lowest BCUT2D eigenvalue weighted by molar-refractivity contribution is 0.0225. The maximum atomic E-state index is 12.1. The van der Waals surface area contributed by atoms with E-state index in [1.165, 1.54) is 0 Å². The van der Waals surface area contributed by atoms with E-state index in [9.17, 15) is 4.79 Å². The molecule has 1 aliphatic rings. The quantitative estimate of drug-likeness (QED) is 0.785. The maximum absolute atomic E-state index is 12.1. The van der Waals surface area contributed by atoms with Crippen molar-refractivity contribution in [3.8, 4) is 0 Å². The molecule has 0 saturated carbocycles. The van der Waals surface area contributed by atoms with E-state index >= 15 is 0 Å². The van der Waals surface area contributed by atoms with Crippen molar-refractivity contribution < 1.29 is 14.6 Å². The van der Waals surface area contributed by atoms with Crippen LogP contribution in [0.3, 0.4) is 0 Å². The molecule has 0 bridgehead atoms. The van der Waals surface area contributed by atoms with E-state index in [-0.39, 0.29) is 18.7 Å². The van der Waals surface area contributed by atoms with Crippen LogP contribution in [0.25, 0.3) is 0 Å². The SMILES string of the molecule is CC(CCCO)NCC1CCCN1C(=O)OC(C)(C)C. The highest BCUT2D eigenvalue weighted by atomic mass is 16.6. The van der Waals surface area contributed by atoms with Crippen LogP contribution in [0.15, 0.2) is 0 Å². The molecule has 1 aliphatic heterocycles. The fourth-order valence-electron chi connectivity index (χ4n) is 2.45. The molecule has 0 aliphatic carbocycles. The van der Waals surface area contributed by atoms with Crippen LogP contribution in [0.4, 0.5) is 4.79 Å². The summed E-state index contributed by atoms with van der Waals surface area (Å²) in [5, 5.41) is 12.3. The molecule has 0 aromatic heterocycles. The summed E-state index contributed by atoms with van der Waals surface area (Å²) in [6, 6.07) is 0.588. The van der Waals surface area contributed by atoms with Crippen molar-refractivity contribution in [3.63, 3.8) is 0 Å². The summed E-state index contributed by atoms with van der Waals surface area (Å²) in [7, 11) is 0. The summed E-state index contributed by atoms with van der Waals surface area (Å²) in [6.07, 6.45) is 3.63. The monoisotopic (exact) mass is 286 g/mol. The average molecular weight is 286 g/mol. The molecule has 5 heteroatoms. The second-order valence-electron chi connectivity index (χ2n) is 6.64. The van der Waals surface area contributed by atoms with Crippen molar-refractivity contribution in [2.75, 3.05) is 19.7 Å². The van der Waals surface area contributed by atoms with Crippen molar-refractivity contribution in [2.24, 2.45) is 0 Å². The van der Waals surface area contributed by atoms with Crippen LogP contribution in [0.5, 0.6) is 0 Å². The fourth-order valence-corrected chi connectivity index (χ4v) is 2.45. The molecule has 2 N–H and O–H groups in total. The van der Waals surface area contributed by atoms with Gasteiger partial charge in [0.05, 0.1) is 0 Å². The zero-order valence-corrected chi connectivity index (χ0v) is 13.3. The number of nitrogens with zero attached hydrogens (tertiary/aromatic N) is 1. The molecule has 5 nitrogen and oxygen atoms in total. The Labute approximate surface area is 122 Å². The highest BCUT2D eigenvalue weighted by Crippen LogP contribution is 2.20. The summed E-state index contributed by atoms with van der Waals surface area (Å²) in [4.78, 5) is 14.0. The zero-order chi connectivity index (χ0) is 15.2. The van der Waals surface area contributed by atoms with Gasteiger partial charge < -0.3 is 20.1 Å². The summed E-state index contributed by atoms with van der Waals surface area (Å²) in [6.45, 7) is 9.61. The van der Waals surface area contributed by atoms with E-state index in [2.05, 4.69) is 12.2 Å². The third kappa shape index (κ3) is 6.09. The normalized spacial score (nSPS) is 21.1. The number of carbonyl (C=O) groups excluding carboxylic acids is 1. The molecule has 1 fully saturated rings. The van der Waals surface area contributed by atoms with Crippen molar-refractivity contribution in [1.29, 1.82) is 0 Å². The minimum atomic E-state index is -0.438. The molecule has 0 spiro atoms. The van der Waals surface area contributed by atoms with Gasteiger partial charge in [-0.25, -0.2) is 4.79 Å². The Morgan fingerprint density at radius 1 is 1.50 bits per heavy atom. The zero-order valence-electron chi connectivity index (χ0n) is 13.3. The number of amides is 1. The molecule has 2 atom stereocenters.